The summed E-state index contributed by atoms with van der Waals surface area (Å²) in [6, 6.07) is 20.9. The Morgan fingerprint density at radius 3 is 2.70 bits per heavy atom. The van der Waals surface area contributed by atoms with Crippen molar-refractivity contribution in [2.45, 2.75) is 6.61 Å². The zero-order valence-corrected chi connectivity index (χ0v) is 18.3. The van der Waals surface area contributed by atoms with Crippen molar-refractivity contribution in [3.05, 3.63) is 89.1 Å². The van der Waals surface area contributed by atoms with Crippen LogP contribution in [0.1, 0.15) is 15.2 Å². The van der Waals surface area contributed by atoms with Gasteiger partial charge >= 0.3 is 6.03 Å². The molecule has 0 radical (unpaired) electrons. The van der Waals surface area contributed by atoms with E-state index in [0.717, 1.165) is 0 Å². The minimum Gasteiger partial charge on any atom is -0.489 e. The van der Waals surface area contributed by atoms with Crippen molar-refractivity contribution in [2.75, 3.05) is 23.3 Å². The number of nitrogens with one attached hydrogen (secondary N) is 2. The molecule has 1 fully saturated rings. The lowest BCUT2D eigenvalue weighted by Gasteiger charge is -2.15. The first-order valence-electron chi connectivity index (χ1n) is 10.4. The van der Waals surface area contributed by atoms with Crippen molar-refractivity contribution in [1.82, 2.24) is 5.32 Å². The van der Waals surface area contributed by atoms with Crippen molar-refractivity contribution in [2.24, 2.45) is 0 Å². The van der Waals surface area contributed by atoms with Crippen molar-refractivity contribution in [1.29, 1.82) is 0 Å². The number of hydrogen-bond donors (Lipinski definition) is 2. The summed E-state index contributed by atoms with van der Waals surface area (Å²) in [7, 11) is 0. The summed E-state index contributed by atoms with van der Waals surface area (Å²) in [6.45, 7) is 1.20. The second kappa shape index (κ2) is 8.91. The third-order valence-corrected chi connectivity index (χ3v) is 6.56. The van der Waals surface area contributed by atoms with Crippen LogP contribution < -0.4 is 20.3 Å². The summed E-state index contributed by atoms with van der Waals surface area (Å²) in [5, 5.41) is 6.05. The number of carbonyl (C=O) groups is 2. The Labute approximate surface area is 193 Å². The molecule has 33 heavy (non-hydrogen) atoms. The van der Waals surface area contributed by atoms with Crippen molar-refractivity contribution >= 4 is 44.7 Å². The molecular formula is C25H20FN3O3S. The number of thiophene rings is 1. The van der Waals surface area contributed by atoms with E-state index in [4.69, 9.17) is 4.74 Å². The average molecular weight is 462 g/mol. The van der Waals surface area contributed by atoms with E-state index in [1.165, 1.54) is 17.4 Å². The number of rotatable bonds is 6. The molecule has 3 amide bonds. The Bertz CT molecular complexity index is 1340. The fourth-order valence-electron chi connectivity index (χ4n) is 3.82. The van der Waals surface area contributed by atoms with Gasteiger partial charge in [-0.05, 0) is 42.5 Å². The van der Waals surface area contributed by atoms with Crippen LogP contribution >= 0.6 is 11.3 Å². The molecule has 0 spiro atoms. The molecule has 1 aliphatic heterocycles. The highest BCUT2D eigenvalue weighted by Gasteiger charge is 2.23. The minimum absolute atomic E-state index is 0.0572. The molecule has 1 saturated heterocycles. The molecule has 1 aliphatic rings. The van der Waals surface area contributed by atoms with E-state index in [2.05, 4.69) is 10.6 Å². The Hall–Kier alpha value is -3.91. The molecule has 1 aromatic heterocycles. The number of hydrogen-bond acceptors (Lipinski definition) is 4. The first kappa shape index (κ1) is 21.0. The minimum atomic E-state index is -0.392. The third-order valence-electron chi connectivity index (χ3n) is 5.37. The van der Waals surface area contributed by atoms with Crippen LogP contribution in [0.15, 0.2) is 72.8 Å². The summed E-state index contributed by atoms with van der Waals surface area (Å²) in [5.41, 5.74) is 1.74. The Morgan fingerprint density at radius 2 is 1.91 bits per heavy atom. The molecule has 0 atom stereocenters. The smallest absolute Gasteiger partial charge is 0.321 e. The number of amides is 3. The predicted molar refractivity (Wildman–Crippen MR) is 128 cm³/mol. The number of benzene rings is 3. The van der Waals surface area contributed by atoms with Gasteiger partial charge in [0.25, 0.3) is 5.91 Å². The zero-order chi connectivity index (χ0) is 22.8. The molecule has 0 bridgehead atoms. The van der Waals surface area contributed by atoms with Crippen LogP contribution in [-0.4, -0.2) is 25.0 Å². The molecule has 0 aliphatic carbocycles. The van der Waals surface area contributed by atoms with Crippen molar-refractivity contribution in [3.63, 3.8) is 0 Å². The lowest BCUT2D eigenvalue weighted by atomic mass is 10.1. The maximum atomic E-state index is 14.7. The number of ether oxygens (including phenoxy) is 1. The quantitative estimate of drug-likeness (QED) is 0.404. The van der Waals surface area contributed by atoms with Gasteiger partial charge in [0.1, 0.15) is 23.1 Å². The SMILES string of the molecule is O=C(Nc1cccc(N2CCNC2=O)c1)c1sc2cccc(F)c2c1COc1ccccc1. The van der Waals surface area contributed by atoms with E-state index in [0.29, 0.717) is 50.7 Å². The van der Waals surface area contributed by atoms with Crippen LogP contribution in [0.4, 0.5) is 20.6 Å². The molecule has 0 unspecified atom stereocenters. The molecule has 2 N–H and O–H groups in total. The molecule has 8 heteroatoms. The molecule has 0 saturated carbocycles. The van der Waals surface area contributed by atoms with Gasteiger partial charge in [0.05, 0.1) is 0 Å². The highest BCUT2D eigenvalue weighted by atomic mass is 32.1. The number of para-hydroxylation sites is 1. The molecule has 166 valence electrons. The van der Waals surface area contributed by atoms with Gasteiger partial charge < -0.3 is 15.4 Å². The zero-order valence-electron chi connectivity index (χ0n) is 17.5. The maximum absolute atomic E-state index is 14.7. The van der Waals surface area contributed by atoms with Crippen LogP contribution in [0.3, 0.4) is 0 Å². The van der Waals surface area contributed by atoms with Gasteiger partial charge in [-0.25, -0.2) is 9.18 Å². The number of nitrogens with zero attached hydrogens (tertiary/aromatic N) is 1. The molecule has 2 heterocycles. The van der Waals surface area contributed by atoms with Gasteiger partial charge in [-0.1, -0.05) is 30.3 Å². The first-order chi connectivity index (χ1) is 16.1. The van der Waals surface area contributed by atoms with Gasteiger partial charge in [0, 0.05) is 40.1 Å². The summed E-state index contributed by atoms with van der Waals surface area (Å²) in [4.78, 5) is 27.2. The average Bonchev–Trinajstić information content (AvgIpc) is 3.43. The molecular weight excluding hydrogens is 441 g/mol. The second-order valence-corrected chi connectivity index (χ2v) is 8.56. The van der Waals surface area contributed by atoms with E-state index >= 15 is 0 Å². The van der Waals surface area contributed by atoms with E-state index in [9.17, 15) is 14.0 Å². The number of urea groups is 1. The standard InChI is InChI=1S/C25H20FN3O3S/c26-20-10-5-11-21-22(20)19(15-32-18-8-2-1-3-9-18)23(33-21)24(30)28-16-6-4-7-17(14-16)29-13-12-27-25(29)31/h1-11,14H,12-13,15H2,(H,27,31)(H,28,30). The number of halogens is 1. The fraction of sp³-hybridized carbons (Fsp3) is 0.120. The van der Waals surface area contributed by atoms with Gasteiger partial charge in [-0.2, -0.15) is 0 Å². The van der Waals surface area contributed by atoms with Crippen LogP contribution in [0.25, 0.3) is 10.1 Å². The van der Waals surface area contributed by atoms with Gasteiger partial charge in [-0.15, -0.1) is 11.3 Å². The summed E-state index contributed by atoms with van der Waals surface area (Å²) >= 11 is 1.22. The number of carbonyl (C=O) groups excluding carboxylic acids is 2. The lowest BCUT2D eigenvalue weighted by Crippen LogP contribution is -2.27. The topological polar surface area (TPSA) is 70.7 Å². The first-order valence-corrected chi connectivity index (χ1v) is 11.3. The van der Waals surface area contributed by atoms with Crippen LogP contribution in [0, 0.1) is 5.82 Å². The normalized spacial score (nSPS) is 13.2. The van der Waals surface area contributed by atoms with E-state index in [1.807, 2.05) is 36.4 Å². The van der Waals surface area contributed by atoms with E-state index in [1.54, 1.807) is 35.2 Å². The number of anilines is 2. The van der Waals surface area contributed by atoms with Gasteiger partial charge in [0.2, 0.25) is 0 Å². The summed E-state index contributed by atoms with van der Waals surface area (Å²) in [6.07, 6.45) is 0. The van der Waals surface area contributed by atoms with E-state index < -0.39 is 5.82 Å². The summed E-state index contributed by atoms with van der Waals surface area (Å²) < 4.78 is 21.3. The Kier molecular flexibility index (Phi) is 5.66. The second-order valence-electron chi connectivity index (χ2n) is 7.51. The monoisotopic (exact) mass is 461 g/mol. The Morgan fingerprint density at radius 1 is 1.09 bits per heavy atom. The van der Waals surface area contributed by atoms with E-state index in [-0.39, 0.29) is 18.5 Å². The Balaban J connectivity index is 1.45. The molecule has 4 aromatic rings. The highest BCUT2D eigenvalue weighted by Crippen LogP contribution is 2.35. The van der Waals surface area contributed by atoms with Crippen LogP contribution in [0.2, 0.25) is 0 Å². The predicted octanol–water partition coefficient (Wildman–Crippen LogP) is 5.40. The lowest BCUT2D eigenvalue weighted by molar-refractivity contribution is 0.102. The molecule has 6 nitrogen and oxygen atoms in total. The van der Waals surface area contributed by atoms with Crippen molar-refractivity contribution < 1.29 is 18.7 Å². The molecule has 3 aromatic carbocycles. The summed E-state index contributed by atoms with van der Waals surface area (Å²) in [5.74, 6) is -0.113. The third kappa shape index (κ3) is 4.25. The highest BCUT2D eigenvalue weighted by molar-refractivity contribution is 7.21. The van der Waals surface area contributed by atoms with Gasteiger partial charge in [-0.3, -0.25) is 9.69 Å². The largest absolute Gasteiger partial charge is 0.489 e. The maximum Gasteiger partial charge on any atom is 0.321 e. The fourth-order valence-corrected chi connectivity index (χ4v) is 4.94. The van der Waals surface area contributed by atoms with Crippen LogP contribution in [0.5, 0.6) is 5.75 Å². The number of fused-ring (bicyclic) bond motifs is 1. The van der Waals surface area contributed by atoms with Crippen molar-refractivity contribution in [3.8, 4) is 5.75 Å². The van der Waals surface area contributed by atoms with Gasteiger partial charge in [0.15, 0.2) is 0 Å². The van der Waals surface area contributed by atoms with Crippen LogP contribution in [-0.2, 0) is 6.61 Å². The molecule has 5 rings (SSSR count).